The molecule has 1 unspecified atom stereocenters. The van der Waals surface area contributed by atoms with Crippen LogP contribution in [0.5, 0.6) is 11.5 Å². The van der Waals surface area contributed by atoms with E-state index in [9.17, 15) is 9.59 Å². The van der Waals surface area contributed by atoms with Gasteiger partial charge in [-0.3, -0.25) is 9.59 Å². The van der Waals surface area contributed by atoms with E-state index in [1.165, 1.54) is 18.4 Å². The summed E-state index contributed by atoms with van der Waals surface area (Å²) in [7, 11) is 1.67. The van der Waals surface area contributed by atoms with Crippen molar-refractivity contribution in [1.82, 2.24) is 4.90 Å². The van der Waals surface area contributed by atoms with Gasteiger partial charge < -0.3 is 24.0 Å². The first-order chi connectivity index (χ1) is 17.6. The Balaban J connectivity index is 1.50. The van der Waals surface area contributed by atoms with Crippen molar-refractivity contribution in [3.63, 3.8) is 0 Å². The maximum Gasteiger partial charge on any atom is 0.306 e. The van der Waals surface area contributed by atoms with Gasteiger partial charge in [0.2, 0.25) is 5.91 Å². The molecule has 0 aromatic heterocycles. The summed E-state index contributed by atoms with van der Waals surface area (Å²) in [5, 5.41) is 0. The maximum atomic E-state index is 13.1. The van der Waals surface area contributed by atoms with Crippen LogP contribution in [0.4, 0.5) is 5.69 Å². The Kier molecular flexibility index (Phi) is 9.09. The highest BCUT2D eigenvalue weighted by Gasteiger charge is 2.31. The molecule has 2 aromatic rings. The number of esters is 1. The van der Waals surface area contributed by atoms with E-state index in [1.807, 2.05) is 29.2 Å². The molecule has 1 aliphatic heterocycles. The molecule has 194 valence electrons. The van der Waals surface area contributed by atoms with Crippen LogP contribution >= 0.6 is 0 Å². The average Bonchev–Trinajstić information content (AvgIpc) is 3.41. The standard InChI is InChI=1S/C29H38N2O5/c1-3-35-29(33)16-15-28(32)31-18-17-30(21-24(31)19-22-9-5-4-6-10-22)23-13-14-26(34-2)27(20-23)36-25-11-7-8-12-25/h4-6,9-10,13-14,20,24-25H,3,7-8,11-12,15-19,21H2,1-2H3. The highest BCUT2D eigenvalue weighted by Crippen LogP contribution is 2.36. The minimum atomic E-state index is -0.322. The molecule has 7 heteroatoms. The van der Waals surface area contributed by atoms with Gasteiger partial charge in [0.1, 0.15) is 0 Å². The molecule has 1 saturated carbocycles. The van der Waals surface area contributed by atoms with E-state index in [0.29, 0.717) is 26.2 Å². The number of anilines is 1. The number of benzene rings is 2. The first kappa shape index (κ1) is 25.9. The van der Waals surface area contributed by atoms with Crippen LogP contribution in [-0.4, -0.2) is 62.3 Å². The molecule has 36 heavy (non-hydrogen) atoms. The molecule has 1 saturated heterocycles. The van der Waals surface area contributed by atoms with Crippen LogP contribution in [0.25, 0.3) is 0 Å². The lowest BCUT2D eigenvalue weighted by atomic mass is 10.0. The quantitative estimate of drug-likeness (QED) is 0.449. The second kappa shape index (κ2) is 12.7. The Labute approximate surface area is 214 Å². The SMILES string of the molecule is CCOC(=O)CCC(=O)N1CCN(c2ccc(OC)c(OC3CCCC3)c2)CC1Cc1ccccc1. The summed E-state index contributed by atoms with van der Waals surface area (Å²) in [6.45, 7) is 4.12. The molecule has 7 nitrogen and oxygen atoms in total. The topological polar surface area (TPSA) is 68.3 Å². The number of ether oxygens (including phenoxy) is 3. The van der Waals surface area contributed by atoms with E-state index in [2.05, 4.69) is 29.2 Å². The van der Waals surface area contributed by atoms with Crippen molar-refractivity contribution < 1.29 is 23.8 Å². The van der Waals surface area contributed by atoms with E-state index in [4.69, 9.17) is 14.2 Å². The lowest BCUT2D eigenvalue weighted by Gasteiger charge is -2.43. The minimum Gasteiger partial charge on any atom is -0.493 e. The lowest BCUT2D eigenvalue weighted by molar-refractivity contribution is -0.146. The fourth-order valence-electron chi connectivity index (χ4n) is 5.20. The Bertz CT molecular complexity index is 1010. The van der Waals surface area contributed by atoms with Gasteiger partial charge in [-0.05, 0) is 56.7 Å². The van der Waals surface area contributed by atoms with Crippen LogP contribution in [-0.2, 0) is 20.7 Å². The average molecular weight is 495 g/mol. The molecule has 1 amide bonds. The predicted octanol–water partition coefficient (Wildman–Crippen LogP) is 4.62. The molecule has 1 heterocycles. The second-order valence-electron chi connectivity index (χ2n) is 9.54. The van der Waals surface area contributed by atoms with Gasteiger partial charge in [-0.1, -0.05) is 30.3 Å². The van der Waals surface area contributed by atoms with Gasteiger partial charge in [-0.2, -0.15) is 0 Å². The van der Waals surface area contributed by atoms with Gasteiger partial charge in [-0.25, -0.2) is 0 Å². The molecule has 4 rings (SSSR count). The highest BCUT2D eigenvalue weighted by molar-refractivity contribution is 5.82. The zero-order valence-corrected chi connectivity index (χ0v) is 21.5. The van der Waals surface area contributed by atoms with E-state index in [-0.39, 0.29) is 36.9 Å². The van der Waals surface area contributed by atoms with Gasteiger partial charge in [0.15, 0.2) is 11.5 Å². The Morgan fingerprint density at radius 2 is 1.75 bits per heavy atom. The number of amides is 1. The number of piperazine rings is 1. The zero-order chi connectivity index (χ0) is 25.3. The summed E-state index contributed by atoms with van der Waals surface area (Å²) >= 11 is 0. The third-order valence-corrected chi connectivity index (χ3v) is 7.07. The maximum absolute atomic E-state index is 13.1. The van der Waals surface area contributed by atoms with E-state index >= 15 is 0 Å². The normalized spacial score (nSPS) is 18.2. The Morgan fingerprint density at radius 1 is 0.972 bits per heavy atom. The first-order valence-electron chi connectivity index (χ1n) is 13.2. The number of carbonyl (C=O) groups excluding carboxylic acids is 2. The molecule has 0 spiro atoms. The molecule has 1 atom stereocenters. The van der Waals surface area contributed by atoms with Gasteiger partial charge in [-0.15, -0.1) is 0 Å². The summed E-state index contributed by atoms with van der Waals surface area (Å²) in [5.74, 6) is 1.22. The van der Waals surface area contributed by atoms with Crippen molar-refractivity contribution in [2.75, 3.05) is 38.3 Å². The van der Waals surface area contributed by atoms with E-state index in [1.54, 1.807) is 14.0 Å². The van der Waals surface area contributed by atoms with Crippen LogP contribution in [0.2, 0.25) is 0 Å². The fourth-order valence-corrected chi connectivity index (χ4v) is 5.20. The first-order valence-corrected chi connectivity index (χ1v) is 13.2. The Hall–Kier alpha value is -3.22. The largest absolute Gasteiger partial charge is 0.493 e. The third kappa shape index (κ3) is 6.71. The second-order valence-corrected chi connectivity index (χ2v) is 9.54. The molecule has 2 fully saturated rings. The van der Waals surface area contributed by atoms with Crippen LogP contribution in [0.3, 0.4) is 0 Å². The molecule has 1 aliphatic carbocycles. The van der Waals surface area contributed by atoms with Crippen molar-refractivity contribution in [3.05, 3.63) is 54.1 Å². The van der Waals surface area contributed by atoms with Crippen molar-refractivity contribution >= 4 is 17.6 Å². The number of rotatable bonds is 10. The number of carbonyl (C=O) groups is 2. The van der Waals surface area contributed by atoms with Crippen LogP contribution in [0.15, 0.2) is 48.5 Å². The summed E-state index contributed by atoms with van der Waals surface area (Å²) in [6, 6.07) is 16.4. The van der Waals surface area contributed by atoms with Crippen molar-refractivity contribution in [2.24, 2.45) is 0 Å². The Morgan fingerprint density at radius 3 is 2.47 bits per heavy atom. The van der Waals surface area contributed by atoms with Crippen LogP contribution in [0.1, 0.15) is 51.0 Å². The summed E-state index contributed by atoms with van der Waals surface area (Å²) in [6.07, 6.45) is 5.87. The van der Waals surface area contributed by atoms with Gasteiger partial charge >= 0.3 is 5.97 Å². The molecule has 0 radical (unpaired) electrons. The highest BCUT2D eigenvalue weighted by atomic mass is 16.5. The summed E-state index contributed by atoms with van der Waals surface area (Å²) in [5.41, 5.74) is 2.26. The summed E-state index contributed by atoms with van der Waals surface area (Å²) in [4.78, 5) is 29.2. The molecule has 2 aliphatic rings. The lowest BCUT2D eigenvalue weighted by Crippen LogP contribution is -2.56. The number of methoxy groups -OCH3 is 1. The van der Waals surface area contributed by atoms with E-state index < -0.39 is 0 Å². The predicted molar refractivity (Wildman–Crippen MR) is 140 cm³/mol. The smallest absolute Gasteiger partial charge is 0.306 e. The van der Waals surface area contributed by atoms with Crippen LogP contribution in [0, 0.1) is 0 Å². The van der Waals surface area contributed by atoms with Gasteiger partial charge in [0.05, 0.1) is 32.3 Å². The summed E-state index contributed by atoms with van der Waals surface area (Å²) < 4.78 is 16.9. The van der Waals surface area contributed by atoms with Crippen molar-refractivity contribution in [3.8, 4) is 11.5 Å². The molecule has 0 N–H and O–H groups in total. The monoisotopic (exact) mass is 494 g/mol. The minimum absolute atomic E-state index is 0.00264. The van der Waals surface area contributed by atoms with Crippen molar-refractivity contribution in [2.45, 2.75) is 64.0 Å². The number of nitrogens with zero attached hydrogens (tertiary/aromatic N) is 2. The van der Waals surface area contributed by atoms with Gasteiger partial charge in [0, 0.05) is 37.8 Å². The number of hydrogen-bond acceptors (Lipinski definition) is 6. The molecular weight excluding hydrogens is 456 g/mol. The molecular formula is C29H38N2O5. The van der Waals surface area contributed by atoms with Crippen LogP contribution < -0.4 is 14.4 Å². The van der Waals surface area contributed by atoms with Gasteiger partial charge in [0.25, 0.3) is 0 Å². The van der Waals surface area contributed by atoms with Crippen molar-refractivity contribution in [1.29, 1.82) is 0 Å². The molecule has 0 bridgehead atoms. The number of hydrogen-bond donors (Lipinski definition) is 0. The molecule has 2 aromatic carbocycles. The van der Waals surface area contributed by atoms with E-state index in [0.717, 1.165) is 36.4 Å². The zero-order valence-electron chi connectivity index (χ0n) is 21.5. The third-order valence-electron chi connectivity index (χ3n) is 7.07. The fraction of sp³-hybridized carbons (Fsp3) is 0.517.